The Balaban J connectivity index is 1.24. The highest BCUT2D eigenvalue weighted by Crippen LogP contribution is 2.31. The van der Waals surface area contributed by atoms with Crippen LogP contribution in [0, 0.1) is 24.6 Å². The number of likely N-dealkylation sites (tertiary alicyclic amines) is 1. The van der Waals surface area contributed by atoms with Crippen LogP contribution in [0.25, 0.3) is 0 Å². The summed E-state index contributed by atoms with van der Waals surface area (Å²) in [5.74, 6) is 0.496. The quantitative estimate of drug-likeness (QED) is 0.739. The SMILES string of the molecule is Cc1cccc(F)c1C(=O)NCC1CN(CC2CCN(CC3CC3)CC2)C(=O)CO1. The van der Waals surface area contributed by atoms with Gasteiger partial charge in [0.1, 0.15) is 12.4 Å². The molecule has 1 atom stereocenters. The Hall–Kier alpha value is -1.99. The van der Waals surface area contributed by atoms with E-state index in [-0.39, 0.29) is 30.7 Å². The highest BCUT2D eigenvalue weighted by atomic mass is 19.1. The lowest BCUT2D eigenvalue weighted by molar-refractivity contribution is -0.149. The lowest BCUT2D eigenvalue weighted by Gasteiger charge is -2.38. The van der Waals surface area contributed by atoms with Crippen LogP contribution >= 0.6 is 0 Å². The Morgan fingerprint density at radius 1 is 1.17 bits per heavy atom. The molecule has 2 aliphatic heterocycles. The predicted molar refractivity (Wildman–Crippen MR) is 112 cm³/mol. The fourth-order valence-electron chi connectivity index (χ4n) is 4.52. The first-order chi connectivity index (χ1) is 14.5. The Bertz CT molecular complexity index is 755. The van der Waals surface area contributed by atoms with Crippen molar-refractivity contribution >= 4 is 11.8 Å². The minimum Gasteiger partial charge on any atom is -0.365 e. The number of carbonyl (C=O) groups is 2. The third kappa shape index (κ3) is 5.38. The molecule has 0 aromatic heterocycles. The first kappa shape index (κ1) is 21.2. The molecule has 4 rings (SSSR count). The molecular formula is C23H32FN3O3. The molecule has 1 aromatic rings. The van der Waals surface area contributed by atoms with Crippen LogP contribution in [0.1, 0.15) is 41.6 Å². The zero-order valence-electron chi connectivity index (χ0n) is 17.7. The van der Waals surface area contributed by atoms with Crippen molar-refractivity contribution in [3.05, 3.63) is 35.1 Å². The molecule has 2 amide bonds. The summed E-state index contributed by atoms with van der Waals surface area (Å²) < 4.78 is 19.6. The number of ether oxygens (including phenoxy) is 1. The molecule has 2 heterocycles. The van der Waals surface area contributed by atoms with Crippen molar-refractivity contribution < 1.29 is 18.7 Å². The van der Waals surface area contributed by atoms with E-state index < -0.39 is 11.7 Å². The molecule has 3 fully saturated rings. The molecule has 1 saturated carbocycles. The van der Waals surface area contributed by atoms with E-state index in [1.165, 1.54) is 25.5 Å². The molecule has 1 aliphatic carbocycles. The van der Waals surface area contributed by atoms with Crippen LogP contribution in [-0.2, 0) is 9.53 Å². The van der Waals surface area contributed by atoms with E-state index >= 15 is 0 Å². The molecular weight excluding hydrogens is 385 g/mol. The second-order valence-electron chi connectivity index (χ2n) is 9.06. The highest BCUT2D eigenvalue weighted by Gasteiger charge is 2.31. The second kappa shape index (κ2) is 9.43. The number of halogens is 1. The van der Waals surface area contributed by atoms with Crippen LogP contribution in [0.4, 0.5) is 4.39 Å². The second-order valence-corrected chi connectivity index (χ2v) is 9.06. The topological polar surface area (TPSA) is 61.9 Å². The fraction of sp³-hybridized carbons (Fsp3) is 0.652. The van der Waals surface area contributed by atoms with E-state index in [0.717, 1.165) is 38.4 Å². The minimum atomic E-state index is -0.526. The summed E-state index contributed by atoms with van der Waals surface area (Å²) in [5.41, 5.74) is 0.668. The van der Waals surface area contributed by atoms with Gasteiger partial charge in [0.25, 0.3) is 5.91 Å². The third-order valence-electron chi connectivity index (χ3n) is 6.56. The molecule has 0 radical (unpaired) electrons. The Labute approximate surface area is 177 Å². The number of nitrogens with one attached hydrogen (secondary N) is 1. The van der Waals surface area contributed by atoms with Crippen molar-refractivity contribution in [3.8, 4) is 0 Å². The zero-order chi connectivity index (χ0) is 21.1. The molecule has 6 nitrogen and oxygen atoms in total. The molecule has 7 heteroatoms. The van der Waals surface area contributed by atoms with Crippen LogP contribution in [0.3, 0.4) is 0 Å². The number of carbonyl (C=O) groups excluding carboxylic acids is 2. The molecule has 1 aromatic carbocycles. The molecule has 164 valence electrons. The smallest absolute Gasteiger partial charge is 0.254 e. The predicted octanol–water partition coefficient (Wildman–Crippen LogP) is 2.21. The molecule has 1 N–H and O–H groups in total. The average Bonchev–Trinajstić information content (AvgIpc) is 3.54. The molecule has 1 unspecified atom stereocenters. The summed E-state index contributed by atoms with van der Waals surface area (Å²) in [4.78, 5) is 29.2. The van der Waals surface area contributed by atoms with Gasteiger partial charge in [0.2, 0.25) is 5.91 Å². The maximum absolute atomic E-state index is 14.0. The molecule has 0 bridgehead atoms. The zero-order valence-corrected chi connectivity index (χ0v) is 17.7. The van der Waals surface area contributed by atoms with E-state index in [9.17, 15) is 14.0 Å². The van der Waals surface area contributed by atoms with E-state index in [2.05, 4.69) is 10.2 Å². The Kier molecular flexibility index (Phi) is 6.68. The summed E-state index contributed by atoms with van der Waals surface area (Å²) in [6.45, 7) is 6.74. The van der Waals surface area contributed by atoms with Gasteiger partial charge in [-0.3, -0.25) is 9.59 Å². The number of aryl methyl sites for hydroxylation is 1. The van der Waals surface area contributed by atoms with Crippen LogP contribution in [-0.4, -0.2) is 73.6 Å². The first-order valence-corrected chi connectivity index (χ1v) is 11.1. The summed E-state index contributed by atoms with van der Waals surface area (Å²) in [5, 5.41) is 2.77. The fourth-order valence-corrected chi connectivity index (χ4v) is 4.52. The summed E-state index contributed by atoms with van der Waals surface area (Å²) in [7, 11) is 0. The van der Waals surface area contributed by atoms with Crippen molar-refractivity contribution in [2.24, 2.45) is 11.8 Å². The number of morpholine rings is 1. The van der Waals surface area contributed by atoms with E-state index in [1.807, 2.05) is 4.90 Å². The van der Waals surface area contributed by atoms with E-state index in [4.69, 9.17) is 4.74 Å². The monoisotopic (exact) mass is 417 g/mol. The van der Waals surface area contributed by atoms with Gasteiger partial charge >= 0.3 is 0 Å². The lowest BCUT2D eigenvalue weighted by atomic mass is 9.95. The minimum absolute atomic E-state index is 0.0166. The van der Waals surface area contributed by atoms with Gasteiger partial charge in [0.15, 0.2) is 0 Å². The number of benzene rings is 1. The van der Waals surface area contributed by atoms with Gasteiger partial charge in [-0.25, -0.2) is 4.39 Å². The number of hydrogen-bond donors (Lipinski definition) is 1. The van der Waals surface area contributed by atoms with Crippen LogP contribution in [0.5, 0.6) is 0 Å². The number of rotatable bonds is 7. The normalized spacial score (nSPS) is 23.6. The van der Waals surface area contributed by atoms with Crippen molar-refractivity contribution in [2.45, 2.75) is 38.7 Å². The van der Waals surface area contributed by atoms with Gasteiger partial charge in [0, 0.05) is 26.2 Å². The molecule has 2 saturated heterocycles. The van der Waals surface area contributed by atoms with Gasteiger partial charge in [-0.1, -0.05) is 12.1 Å². The maximum atomic E-state index is 14.0. The summed E-state index contributed by atoms with van der Waals surface area (Å²) >= 11 is 0. The number of amides is 2. The lowest BCUT2D eigenvalue weighted by Crippen LogP contribution is -2.52. The first-order valence-electron chi connectivity index (χ1n) is 11.1. The Morgan fingerprint density at radius 2 is 1.90 bits per heavy atom. The van der Waals surface area contributed by atoms with E-state index in [0.29, 0.717) is 18.0 Å². The number of piperidine rings is 1. The van der Waals surface area contributed by atoms with Crippen molar-refractivity contribution in [1.82, 2.24) is 15.1 Å². The van der Waals surface area contributed by atoms with E-state index in [1.54, 1.807) is 19.1 Å². The average molecular weight is 418 g/mol. The largest absolute Gasteiger partial charge is 0.365 e. The molecule has 30 heavy (non-hydrogen) atoms. The Morgan fingerprint density at radius 3 is 2.60 bits per heavy atom. The van der Waals surface area contributed by atoms with Crippen LogP contribution in [0.2, 0.25) is 0 Å². The maximum Gasteiger partial charge on any atom is 0.254 e. The van der Waals surface area contributed by atoms with Crippen molar-refractivity contribution in [3.63, 3.8) is 0 Å². The summed E-state index contributed by atoms with van der Waals surface area (Å²) in [6, 6.07) is 4.59. The number of hydrogen-bond acceptors (Lipinski definition) is 4. The van der Waals surface area contributed by atoms with Gasteiger partial charge in [-0.2, -0.15) is 0 Å². The highest BCUT2D eigenvalue weighted by molar-refractivity contribution is 5.95. The van der Waals surface area contributed by atoms with Gasteiger partial charge in [0.05, 0.1) is 11.7 Å². The number of nitrogens with zero attached hydrogens (tertiary/aromatic N) is 2. The standard InChI is InChI=1S/C23H32FN3O3/c1-16-3-2-4-20(24)22(16)23(29)25-11-19-14-27(21(28)15-30-19)13-18-7-9-26(10-8-18)12-17-5-6-17/h2-4,17-19H,5-15H2,1H3,(H,25,29). The van der Waals surface area contributed by atoms with Crippen molar-refractivity contribution in [2.75, 3.05) is 45.9 Å². The molecule has 0 spiro atoms. The molecule has 3 aliphatic rings. The van der Waals surface area contributed by atoms with Crippen molar-refractivity contribution in [1.29, 1.82) is 0 Å². The van der Waals surface area contributed by atoms with Gasteiger partial charge in [-0.15, -0.1) is 0 Å². The van der Waals surface area contributed by atoms with Gasteiger partial charge < -0.3 is 19.9 Å². The van der Waals surface area contributed by atoms with Crippen LogP contribution in [0.15, 0.2) is 18.2 Å². The summed E-state index contributed by atoms with van der Waals surface area (Å²) in [6.07, 6.45) is 4.76. The third-order valence-corrected chi connectivity index (χ3v) is 6.56. The van der Waals surface area contributed by atoms with Gasteiger partial charge in [-0.05, 0) is 69.2 Å². The van der Waals surface area contributed by atoms with Crippen LogP contribution < -0.4 is 5.32 Å².